The number of hydrogen-bond acceptors (Lipinski definition) is 15. The van der Waals surface area contributed by atoms with Crippen LogP contribution in [0.3, 0.4) is 0 Å². The number of rotatable bonds is 68. The number of unbranched alkanes of at least 4 members (excludes halogenated alkanes) is 36. The van der Waals surface area contributed by atoms with Gasteiger partial charge in [-0.05, 0) is 57.3 Å². The summed E-state index contributed by atoms with van der Waals surface area (Å²) in [5, 5.41) is 10.6. The molecule has 0 aliphatic rings. The predicted molar refractivity (Wildman–Crippen MR) is 358 cm³/mol. The molecule has 524 valence electrons. The molecule has 0 bridgehead atoms. The normalized spacial score (nSPS) is 14.6. The number of ether oxygens (including phenoxy) is 4. The van der Waals surface area contributed by atoms with Crippen molar-refractivity contribution in [3.05, 3.63) is 24.3 Å². The highest BCUT2D eigenvalue weighted by atomic mass is 31.2. The van der Waals surface area contributed by atoms with Crippen LogP contribution in [0.25, 0.3) is 0 Å². The molecule has 89 heavy (non-hydrogen) atoms. The second kappa shape index (κ2) is 63.0. The van der Waals surface area contributed by atoms with Crippen molar-refractivity contribution in [2.75, 3.05) is 39.6 Å². The maximum absolute atomic E-state index is 13.0. The number of carbonyl (C=O) groups excluding carboxylic acids is 4. The zero-order chi connectivity index (χ0) is 65.6. The first kappa shape index (κ1) is 86.5. The van der Waals surface area contributed by atoms with E-state index in [1.54, 1.807) is 0 Å². The third-order valence-electron chi connectivity index (χ3n) is 16.0. The van der Waals surface area contributed by atoms with E-state index in [4.69, 9.17) is 37.0 Å². The van der Waals surface area contributed by atoms with E-state index in [9.17, 15) is 43.2 Å². The van der Waals surface area contributed by atoms with Gasteiger partial charge in [0, 0.05) is 25.7 Å². The number of carbonyl (C=O) groups is 4. The molecular weight excluding hydrogens is 1170 g/mol. The molecule has 0 saturated carbocycles. The first-order valence-corrected chi connectivity index (χ1v) is 39.0. The van der Waals surface area contributed by atoms with Gasteiger partial charge in [0.2, 0.25) is 0 Å². The number of phosphoric ester groups is 2. The lowest BCUT2D eigenvalue weighted by Crippen LogP contribution is -2.30. The Balaban J connectivity index is 5.29. The molecule has 0 saturated heterocycles. The summed E-state index contributed by atoms with van der Waals surface area (Å²) >= 11 is 0. The van der Waals surface area contributed by atoms with Crippen molar-refractivity contribution < 1.29 is 80.2 Å². The number of aliphatic hydroxyl groups excluding tert-OH is 1. The summed E-state index contributed by atoms with van der Waals surface area (Å²) in [6.07, 6.45) is 52.0. The zero-order valence-electron chi connectivity index (χ0n) is 57.0. The van der Waals surface area contributed by atoms with Gasteiger partial charge in [-0.1, -0.05) is 284 Å². The van der Waals surface area contributed by atoms with Crippen LogP contribution in [0.2, 0.25) is 0 Å². The van der Waals surface area contributed by atoms with E-state index < -0.39 is 97.5 Å². The molecule has 0 radical (unpaired) electrons. The van der Waals surface area contributed by atoms with Crippen LogP contribution in [-0.4, -0.2) is 96.7 Å². The third kappa shape index (κ3) is 62.7. The van der Waals surface area contributed by atoms with E-state index in [0.717, 1.165) is 109 Å². The molecule has 0 spiro atoms. The Bertz CT molecular complexity index is 1810. The summed E-state index contributed by atoms with van der Waals surface area (Å²) in [6.45, 7) is 7.17. The topological polar surface area (TPSA) is 237 Å². The lowest BCUT2D eigenvalue weighted by molar-refractivity contribution is -0.161. The Morgan fingerprint density at radius 3 is 0.955 bits per heavy atom. The summed E-state index contributed by atoms with van der Waals surface area (Å²) in [4.78, 5) is 72.5. The molecule has 0 heterocycles. The molecule has 19 heteroatoms. The molecule has 3 unspecified atom stereocenters. The van der Waals surface area contributed by atoms with Crippen molar-refractivity contribution in [1.29, 1.82) is 0 Å². The molecule has 0 rings (SSSR count). The van der Waals surface area contributed by atoms with Crippen molar-refractivity contribution in [2.24, 2.45) is 5.92 Å². The van der Waals surface area contributed by atoms with E-state index in [-0.39, 0.29) is 25.7 Å². The average Bonchev–Trinajstić information content (AvgIpc) is 3.68. The first-order valence-electron chi connectivity index (χ1n) is 36.0. The predicted octanol–water partition coefficient (Wildman–Crippen LogP) is 19.7. The van der Waals surface area contributed by atoms with Gasteiger partial charge in [-0.2, -0.15) is 0 Å². The summed E-state index contributed by atoms with van der Waals surface area (Å²) in [5.41, 5.74) is 0. The second-order valence-electron chi connectivity index (χ2n) is 24.8. The molecule has 0 aliphatic carbocycles. The van der Waals surface area contributed by atoms with Gasteiger partial charge in [0.1, 0.15) is 19.3 Å². The Hall–Kier alpha value is -2.46. The lowest BCUT2D eigenvalue weighted by atomic mass is 9.99. The van der Waals surface area contributed by atoms with Gasteiger partial charge < -0.3 is 33.8 Å². The highest BCUT2D eigenvalue weighted by molar-refractivity contribution is 7.47. The fourth-order valence-electron chi connectivity index (χ4n) is 10.1. The summed E-state index contributed by atoms with van der Waals surface area (Å²) in [7, 11) is -9.91. The van der Waals surface area contributed by atoms with Crippen LogP contribution in [-0.2, 0) is 65.4 Å². The highest BCUT2D eigenvalue weighted by Gasteiger charge is 2.30. The van der Waals surface area contributed by atoms with Gasteiger partial charge in [0.25, 0.3) is 0 Å². The fraction of sp³-hybridized carbons (Fsp3) is 0.886. The van der Waals surface area contributed by atoms with Crippen LogP contribution < -0.4 is 0 Å². The van der Waals surface area contributed by atoms with Crippen LogP contribution in [0.15, 0.2) is 24.3 Å². The van der Waals surface area contributed by atoms with Crippen LogP contribution in [0, 0.1) is 5.92 Å². The monoisotopic (exact) mass is 1310 g/mol. The van der Waals surface area contributed by atoms with Crippen LogP contribution >= 0.6 is 15.6 Å². The molecule has 0 fully saturated rings. The molecule has 6 atom stereocenters. The molecule has 0 aromatic heterocycles. The summed E-state index contributed by atoms with van der Waals surface area (Å²) in [5.74, 6) is -1.38. The van der Waals surface area contributed by atoms with Crippen molar-refractivity contribution in [3.63, 3.8) is 0 Å². The van der Waals surface area contributed by atoms with Crippen LogP contribution in [0.1, 0.15) is 336 Å². The SMILES string of the molecule is CCCCCC/C=C\C=C/CCCCCCCC(=O)O[C@H](COC(=O)CCCCCCCCCCC(C)CC)COP(=O)(O)OC[C@@H](O)COP(=O)(O)OC[C@@H](COC(=O)CCCCCCCCCCCC)OC(=O)CCCCCCCCCCCCCC. The van der Waals surface area contributed by atoms with Gasteiger partial charge in [-0.15, -0.1) is 0 Å². The van der Waals surface area contributed by atoms with Crippen LogP contribution in [0.5, 0.6) is 0 Å². The van der Waals surface area contributed by atoms with Gasteiger partial charge in [-0.3, -0.25) is 37.3 Å². The van der Waals surface area contributed by atoms with Gasteiger partial charge >= 0.3 is 39.5 Å². The molecule has 0 aromatic carbocycles. The number of aliphatic hydroxyl groups is 1. The maximum atomic E-state index is 13.0. The Morgan fingerprint density at radius 2 is 0.629 bits per heavy atom. The Labute approximate surface area is 542 Å². The zero-order valence-corrected chi connectivity index (χ0v) is 58.8. The number of esters is 4. The third-order valence-corrected chi connectivity index (χ3v) is 17.9. The molecular formula is C70H132O17P2. The van der Waals surface area contributed by atoms with Gasteiger partial charge in [0.15, 0.2) is 12.2 Å². The summed E-state index contributed by atoms with van der Waals surface area (Å²) in [6, 6.07) is 0. The minimum absolute atomic E-state index is 0.0847. The van der Waals surface area contributed by atoms with Crippen LogP contribution in [0.4, 0.5) is 0 Å². The first-order chi connectivity index (χ1) is 43.1. The molecule has 0 aliphatic heterocycles. The quantitative estimate of drug-likeness (QED) is 0.0169. The minimum atomic E-state index is -4.96. The second-order valence-corrected chi connectivity index (χ2v) is 27.7. The fourth-order valence-corrected chi connectivity index (χ4v) is 11.6. The molecule has 3 N–H and O–H groups in total. The van der Waals surface area contributed by atoms with E-state index in [0.29, 0.717) is 25.7 Å². The van der Waals surface area contributed by atoms with Crippen molar-refractivity contribution >= 4 is 39.5 Å². The molecule has 0 amide bonds. The standard InChI is InChI=1S/C70H132O17P2/c1-6-10-13-16-19-22-25-27-28-29-31-34-41-46-51-56-70(75)87-66(60-81-68(73)54-49-44-39-36-35-37-42-47-52-63(5)9-4)62-85-89(78,79)83-58-64(71)57-82-88(76,77)84-61-65(59-80-67(72)53-48-43-38-32-24-21-18-15-12-8-3)86-69(74)55-50-45-40-33-30-26-23-20-17-14-11-7-2/h22,25,27-28,63-66,71H,6-21,23-24,26,29-62H2,1-5H3,(H,76,77)(H,78,79)/b25-22-,28-27-/t63?,64-,65+,66+/m0/s1. The number of hydrogen-bond donors (Lipinski definition) is 3. The molecule has 17 nitrogen and oxygen atoms in total. The number of phosphoric acid groups is 2. The number of allylic oxidation sites excluding steroid dienone is 4. The van der Waals surface area contributed by atoms with E-state index in [1.807, 2.05) is 0 Å². The van der Waals surface area contributed by atoms with E-state index in [1.165, 1.54) is 148 Å². The van der Waals surface area contributed by atoms with Crippen molar-refractivity contribution in [2.45, 2.75) is 355 Å². The Morgan fingerprint density at radius 1 is 0.360 bits per heavy atom. The summed E-state index contributed by atoms with van der Waals surface area (Å²) < 4.78 is 68.2. The van der Waals surface area contributed by atoms with Crippen molar-refractivity contribution in [1.82, 2.24) is 0 Å². The van der Waals surface area contributed by atoms with E-state index in [2.05, 4.69) is 58.9 Å². The maximum Gasteiger partial charge on any atom is 0.472 e. The van der Waals surface area contributed by atoms with Crippen molar-refractivity contribution in [3.8, 4) is 0 Å². The van der Waals surface area contributed by atoms with Gasteiger partial charge in [0.05, 0.1) is 26.4 Å². The Kier molecular flexibility index (Phi) is 61.2. The highest BCUT2D eigenvalue weighted by Crippen LogP contribution is 2.45. The van der Waals surface area contributed by atoms with E-state index >= 15 is 0 Å². The minimum Gasteiger partial charge on any atom is -0.462 e. The molecule has 0 aromatic rings. The largest absolute Gasteiger partial charge is 0.472 e. The van der Waals surface area contributed by atoms with Gasteiger partial charge in [-0.25, -0.2) is 9.13 Å². The average molecular weight is 1310 g/mol. The smallest absolute Gasteiger partial charge is 0.462 e. The lowest BCUT2D eigenvalue weighted by Gasteiger charge is -2.21.